The van der Waals surface area contributed by atoms with Gasteiger partial charge in [0.05, 0.1) is 33.8 Å². The average Bonchev–Trinajstić information content (AvgIpc) is 4.01. The molecule has 15 nitrogen and oxygen atoms in total. The molecule has 3 fully saturated rings. The van der Waals surface area contributed by atoms with Gasteiger partial charge in [-0.2, -0.15) is 0 Å². The summed E-state index contributed by atoms with van der Waals surface area (Å²) in [6, 6.07) is 13.2. The first-order valence-electron chi connectivity index (χ1n) is 17.3. The molecule has 53 heavy (non-hydrogen) atoms. The summed E-state index contributed by atoms with van der Waals surface area (Å²) in [6.07, 6.45) is 17.9. The third kappa shape index (κ3) is 13.3. The fraction of sp³-hybridized carbons (Fsp3) is 0.444. The number of nitro groups is 2. The molecule has 0 unspecified atom stereocenters. The summed E-state index contributed by atoms with van der Waals surface area (Å²) in [5.74, 6) is 0. The normalized spacial score (nSPS) is 15.0. The van der Waals surface area contributed by atoms with Crippen LogP contribution < -0.4 is 29.6 Å². The molecule has 3 heterocycles. The van der Waals surface area contributed by atoms with Gasteiger partial charge in [-0.1, -0.05) is 49.9 Å². The Bertz CT molecular complexity index is 1760. The molecule has 2 saturated carbocycles. The van der Waals surface area contributed by atoms with Crippen molar-refractivity contribution in [2.45, 2.75) is 76.3 Å². The van der Waals surface area contributed by atoms with Crippen molar-refractivity contribution in [1.82, 2.24) is 29.3 Å². The number of nitrogens with one attached hydrogen (secondary N) is 1. The molecule has 3 aliphatic rings. The first kappa shape index (κ1) is 43.3. The molecule has 2 aromatic heterocycles. The molecule has 2 amide bonds. The second kappa shape index (κ2) is 22.2. The number of H-pyrrole nitrogens is 1. The van der Waals surface area contributed by atoms with E-state index in [0.29, 0.717) is 17.3 Å². The summed E-state index contributed by atoms with van der Waals surface area (Å²) in [6.45, 7) is 2.00. The molecule has 1 N–H and O–H groups in total. The van der Waals surface area contributed by atoms with Gasteiger partial charge in [-0.05, 0) is 50.1 Å². The largest absolute Gasteiger partial charge is 1.00 e. The van der Waals surface area contributed by atoms with E-state index in [4.69, 9.17) is 16.3 Å². The average molecular weight is 761 g/mol. The number of nitrogens with zero attached hydrogens (tertiary/aromatic N) is 7. The SMILES string of the molecule is C1CCOC1.CN(C(=O)Cl)C1CCCC1.CN(C(=O)n1cnc(-c2cccc([N+](=O)[O-])c2)c1)C1CCCC1.O=[N+]([O-])c1cccc(-c2cnc[nH]2)c1.[H-].[Na+]. The van der Waals surface area contributed by atoms with E-state index < -0.39 is 9.85 Å². The Hall–Kier alpha value is -4.15. The summed E-state index contributed by atoms with van der Waals surface area (Å²) < 4.78 is 6.38. The molecule has 4 aromatic rings. The fourth-order valence-electron chi connectivity index (χ4n) is 6.13. The summed E-state index contributed by atoms with van der Waals surface area (Å²) in [7, 11) is 3.58. The molecule has 0 radical (unpaired) electrons. The van der Waals surface area contributed by atoms with Crippen LogP contribution in [0.25, 0.3) is 22.5 Å². The number of rotatable bonds is 6. The van der Waals surface area contributed by atoms with Crippen molar-refractivity contribution >= 4 is 34.4 Å². The Morgan fingerprint density at radius 3 is 1.87 bits per heavy atom. The molecular formula is C36H46ClN8NaO7. The van der Waals surface area contributed by atoms with Gasteiger partial charge in [0, 0.05) is 81.0 Å². The van der Waals surface area contributed by atoms with Crippen LogP contribution >= 0.6 is 11.6 Å². The monoisotopic (exact) mass is 760 g/mol. The van der Waals surface area contributed by atoms with Crippen LogP contribution in [-0.4, -0.2) is 90.0 Å². The van der Waals surface area contributed by atoms with Gasteiger partial charge in [-0.3, -0.25) is 29.6 Å². The zero-order valence-corrected chi connectivity index (χ0v) is 33.2. The predicted molar refractivity (Wildman–Crippen MR) is 198 cm³/mol. The Morgan fingerprint density at radius 2 is 1.40 bits per heavy atom. The van der Waals surface area contributed by atoms with Gasteiger partial charge >= 0.3 is 41.0 Å². The van der Waals surface area contributed by atoms with Crippen molar-refractivity contribution in [2.24, 2.45) is 0 Å². The fourth-order valence-corrected chi connectivity index (χ4v) is 6.27. The number of carbonyl (C=O) groups is 2. The molecular weight excluding hydrogens is 715 g/mol. The first-order chi connectivity index (χ1) is 25.0. The minimum atomic E-state index is -0.445. The number of imidazole rings is 2. The molecule has 0 spiro atoms. The summed E-state index contributed by atoms with van der Waals surface area (Å²) >= 11 is 5.30. The smallest absolute Gasteiger partial charge is 1.00 e. The molecule has 2 aliphatic carbocycles. The van der Waals surface area contributed by atoms with Crippen LogP contribution in [0.15, 0.2) is 73.6 Å². The molecule has 1 saturated heterocycles. The van der Waals surface area contributed by atoms with Crippen LogP contribution in [0, 0.1) is 20.2 Å². The standard InChI is InChI=1S/C16H18N4O3.C9H7N3O2.C7H12ClNO.C4H8O.Na.H/c1-18(13-6-2-3-7-13)16(21)19-10-15(17-11-19)12-5-4-8-14(9-12)20(22)23;13-12(14)8-3-1-2-7(4-8)9-5-10-6-11-9;1-9(7(8)10)6-4-2-3-5-6;1-2-4-5-3-1;;/h4-5,8-11,13H,2-3,6-7H2,1H3;1-6H,(H,10,11);6H,2-5H2,1H3;1-4H2;;/q;;;;+1;-1. The van der Waals surface area contributed by atoms with Crippen molar-refractivity contribution in [3.05, 3.63) is 93.8 Å². The number of amides is 2. The molecule has 7 rings (SSSR count). The minimum Gasteiger partial charge on any atom is -1.00 e. The van der Waals surface area contributed by atoms with Gasteiger partial charge in [0.1, 0.15) is 6.33 Å². The molecule has 0 atom stereocenters. The van der Waals surface area contributed by atoms with E-state index in [2.05, 4.69) is 15.0 Å². The van der Waals surface area contributed by atoms with Crippen LogP contribution in [0.3, 0.4) is 0 Å². The van der Waals surface area contributed by atoms with Crippen molar-refractivity contribution in [3.8, 4) is 22.5 Å². The van der Waals surface area contributed by atoms with Gasteiger partial charge in [0.2, 0.25) is 0 Å². The number of benzene rings is 2. The quantitative estimate of drug-likeness (QED) is 0.0882. The van der Waals surface area contributed by atoms with Crippen molar-refractivity contribution < 1.29 is 55.2 Å². The van der Waals surface area contributed by atoms with Gasteiger partial charge in [0.15, 0.2) is 0 Å². The molecule has 1 aliphatic heterocycles. The summed E-state index contributed by atoms with van der Waals surface area (Å²) in [4.78, 5) is 57.9. The minimum absolute atomic E-state index is 0. The van der Waals surface area contributed by atoms with E-state index in [-0.39, 0.29) is 59.8 Å². The third-order valence-corrected chi connectivity index (χ3v) is 9.44. The number of carbonyl (C=O) groups excluding carboxylic acids is 2. The van der Waals surface area contributed by atoms with E-state index in [1.807, 2.05) is 7.05 Å². The number of aromatic amines is 1. The molecule has 0 bridgehead atoms. The number of non-ortho nitro benzene ring substituents is 2. The van der Waals surface area contributed by atoms with Crippen molar-refractivity contribution in [2.75, 3.05) is 27.3 Å². The van der Waals surface area contributed by atoms with E-state index >= 15 is 0 Å². The Kier molecular flexibility index (Phi) is 18.1. The summed E-state index contributed by atoms with van der Waals surface area (Å²) in [5, 5.41) is 21.0. The number of nitro benzene ring substituents is 2. The van der Waals surface area contributed by atoms with Crippen LogP contribution in [-0.2, 0) is 4.74 Å². The number of ether oxygens (including phenoxy) is 1. The van der Waals surface area contributed by atoms with Crippen molar-refractivity contribution in [3.63, 3.8) is 0 Å². The maximum Gasteiger partial charge on any atom is 1.00 e. The van der Waals surface area contributed by atoms with Crippen molar-refractivity contribution in [1.29, 1.82) is 0 Å². The molecule has 280 valence electrons. The Morgan fingerprint density at radius 1 is 0.868 bits per heavy atom. The van der Waals surface area contributed by atoms with Crippen LogP contribution in [0.5, 0.6) is 0 Å². The zero-order chi connectivity index (χ0) is 37.5. The van der Waals surface area contributed by atoms with E-state index in [0.717, 1.165) is 63.0 Å². The van der Waals surface area contributed by atoms with Gasteiger partial charge in [-0.25, -0.2) is 14.8 Å². The van der Waals surface area contributed by atoms with Crippen LogP contribution in [0.4, 0.5) is 21.0 Å². The van der Waals surface area contributed by atoms with Crippen LogP contribution in [0.1, 0.15) is 65.6 Å². The maximum absolute atomic E-state index is 12.5. The first-order valence-corrected chi connectivity index (χ1v) is 17.7. The predicted octanol–water partition coefficient (Wildman–Crippen LogP) is 5.42. The van der Waals surface area contributed by atoms with E-state index in [9.17, 15) is 29.8 Å². The van der Waals surface area contributed by atoms with Gasteiger partial charge in [0.25, 0.3) is 11.4 Å². The van der Waals surface area contributed by atoms with Crippen LogP contribution in [0.2, 0.25) is 0 Å². The second-order valence-corrected chi connectivity index (χ2v) is 13.0. The third-order valence-electron chi connectivity index (χ3n) is 9.17. The Labute approximate surface area is 337 Å². The number of aromatic nitrogens is 4. The number of halogens is 1. The second-order valence-electron chi connectivity index (χ2n) is 12.7. The van der Waals surface area contributed by atoms with E-state index in [1.165, 1.54) is 67.2 Å². The number of hydrogen-bond acceptors (Lipinski definition) is 9. The topological polar surface area (TPSA) is 183 Å². The Balaban J connectivity index is 0.000000277. The number of hydrogen-bond donors (Lipinski definition) is 1. The van der Waals surface area contributed by atoms with Gasteiger partial charge in [-0.15, -0.1) is 0 Å². The van der Waals surface area contributed by atoms with E-state index in [1.54, 1.807) is 53.5 Å². The summed E-state index contributed by atoms with van der Waals surface area (Å²) in [5.41, 5.74) is 2.78. The van der Waals surface area contributed by atoms with Gasteiger partial charge < -0.3 is 20.9 Å². The zero-order valence-electron chi connectivity index (χ0n) is 31.4. The molecule has 2 aromatic carbocycles. The molecule has 17 heteroatoms. The maximum atomic E-state index is 12.5.